The van der Waals surface area contributed by atoms with E-state index in [2.05, 4.69) is 40.9 Å². The third-order valence-electron chi connectivity index (χ3n) is 8.60. The lowest BCUT2D eigenvalue weighted by Gasteiger charge is -2.36. The predicted molar refractivity (Wildman–Crippen MR) is 144 cm³/mol. The van der Waals surface area contributed by atoms with Crippen LogP contribution in [-0.2, 0) is 6.42 Å². The van der Waals surface area contributed by atoms with Gasteiger partial charge in [0.15, 0.2) is 0 Å². The second kappa shape index (κ2) is 9.04. The summed E-state index contributed by atoms with van der Waals surface area (Å²) in [5, 5.41) is 0. The van der Waals surface area contributed by atoms with Crippen LogP contribution in [0.4, 0.5) is 0 Å². The van der Waals surface area contributed by atoms with E-state index in [0.29, 0.717) is 22.7 Å². The molecular formula is C30H33N3O2S. The van der Waals surface area contributed by atoms with E-state index in [4.69, 9.17) is 4.74 Å². The molecule has 2 saturated carbocycles. The first-order chi connectivity index (χ1) is 17.6. The molecular weight excluding hydrogens is 466 g/mol. The monoisotopic (exact) mass is 499 g/mol. The van der Waals surface area contributed by atoms with Gasteiger partial charge in [0.2, 0.25) is 0 Å². The number of rotatable bonds is 6. The molecule has 2 unspecified atom stereocenters. The number of benzene rings is 1. The van der Waals surface area contributed by atoms with E-state index in [9.17, 15) is 4.79 Å². The molecule has 6 heteroatoms. The van der Waals surface area contributed by atoms with Crippen molar-refractivity contribution in [2.24, 2.45) is 11.8 Å². The molecule has 0 radical (unpaired) electrons. The third-order valence-corrected chi connectivity index (χ3v) is 9.63. The number of piperidine rings is 1. The Morgan fingerprint density at radius 2 is 1.89 bits per heavy atom. The Morgan fingerprint density at radius 3 is 2.64 bits per heavy atom. The number of thiophene rings is 1. The average Bonchev–Trinajstić information content (AvgIpc) is 3.80. The Morgan fingerprint density at radius 1 is 1.08 bits per heavy atom. The first-order valence-electron chi connectivity index (χ1n) is 13.7. The molecule has 0 amide bonds. The SMILES string of the molecule is CN1C2CC[C@H]1CC(Oc1ccc(-n3cnc4cc(C#CC5CC5)sc4c3=O)cc1CCC1CC1)C2. The highest BCUT2D eigenvalue weighted by atomic mass is 32.1. The summed E-state index contributed by atoms with van der Waals surface area (Å²) in [5.41, 5.74) is 2.82. The molecule has 3 aromatic rings. The van der Waals surface area contributed by atoms with E-state index < -0.39 is 0 Å². The Kier molecular flexibility index (Phi) is 5.67. The van der Waals surface area contributed by atoms with Crippen LogP contribution in [0, 0.1) is 23.7 Å². The van der Waals surface area contributed by atoms with Crippen molar-refractivity contribution >= 4 is 21.6 Å². The molecule has 2 aliphatic carbocycles. The van der Waals surface area contributed by atoms with Crippen molar-refractivity contribution in [3.63, 3.8) is 0 Å². The maximum Gasteiger partial charge on any atom is 0.275 e. The van der Waals surface area contributed by atoms with Crippen LogP contribution >= 0.6 is 11.3 Å². The van der Waals surface area contributed by atoms with Gasteiger partial charge in [-0.2, -0.15) is 0 Å². The van der Waals surface area contributed by atoms with Crippen molar-refractivity contribution in [2.45, 2.75) is 82.4 Å². The lowest BCUT2D eigenvalue weighted by atomic mass is 10.00. The number of ether oxygens (including phenoxy) is 1. The lowest BCUT2D eigenvalue weighted by molar-refractivity contribution is 0.0655. The van der Waals surface area contributed by atoms with Crippen LogP contribution in [-0.4, -0.2) is 39.7 Å². The van der Waals surface area contributed by atoms with Gasteiger partial charge in [-0.25, -0.2) is 4.98 Å². The Balaban J connectivity index is 1.18. The molecule has 2 aromatic heterocycles. The Labute approximate surface area is 216 Å². The van der Waals surface area contributed by atoms with Crippen molar-refractivity contribution in [1.82, 2.24) is 14.5 Å². The molecule has 186 valence electrons. The highest BCUT2D eigenvalue weighted by molar-refractivity contribution is 7.19. The van der Waals surface area contributed by atoms with E-state index in [1.54, 1.807) is 10.9 Å². The van der Waals surface area contributed by atoms with Gasteiger partial charge in [-0.3, -0.25) is 9.36 Å². The summed E-state index contributed by atoms with van der Waals surface area (Å²) in [6, 6.07) is 9.55. The van der Waals surface area contributed by atoms with Gasteiger partial charge in [-0.15, -0.1) is 11.3 Å². The van der Waals surface area contributed by atoms with Crippen molar-refractivity contribution in [3.8, 4) is 23.3 Å². The van der Waals surface area contributed by atoms with Gasteiger partial charge in [0.1, 0.15) is 22.9 Å². The number of fused-ring (bicyclic) bond motifs is 3. The quantitative estimate of drug-likeness (QED) is 0.417. The summed E-state index contributed by atoms with van der Waals surface area (Å²) in [6.45, 7) is 0. The van der Waals surface area contributed by atoms with Gasteiger partial charge in [0.25, 0.3) is 5.56 Å². The molecule has 0 spiro atoms. The van der Waals surface area contributed by atoms with Gasteiger partial charge >= 0.3 is 0 Å². The van der Waals surface area contributed by atoms with E-state index in [1.807, 2.05) is 12.1 Å². The smallest absolute Gasteiger partial charge is 0.275 e. The highest BCUT2D eigenvalue weighted by Crippen LogP contribution is 2.38. The van der Waals surface area contributed by atoms with Gasteiger partial charge in [0.05, 0.1) is 16.1 Å². The molecule has 4 heterocycles. The van der Waals surface area contributed by atoms with Crippen molar-refractivity contribution < 1.29 is 4.74 Å². The van der Waals surface area contributed by atoms with Crippen molar-refractivity contribution in [3.05, 3.63) is 51.4 Å². The topological polar surface area (TPSA) is 47.4 Å². The molecule has 1 aromatic carbocycles. The second-order valence-electron chi connectivity index (χ2n) is 11.3. The Bertz CT molecular complexity index is 1410. The van der Waals surface area contributed by atoms with E-state index in [1.165, 1.54) is 61.8 Å². The van der Waals surface area contributed by atoms with Gasteiger partial charge in [0, 0.05) is 18.0 Å². The fraction of sp³-hybridized carbons (Fsp3) is 0.533. The van der Waals surface area contributed by atoms with Crippen LogP contribution in [0.2, 0.25) is 0 Å². The van der Waals surface area contributed by atoms with Crippen LogP contribution in [0.1, 0.15) is 68.2 Å². The molecule has 2 aliphatic heterocycles. The van der Waals surface area contributed by atoms with Crippen LogP contribution in [0.3, 0.4) is 0 Å². The number of hydrogen-bond donors (Lipinski definition) is 0. The average molecular weight is 500 g/mol. The molecule has 36 heavy (non-hydrogen) atoms. The zero-order valence-electron chi connectivity index (χ0n) is 20.9. The highest BCUT2D eigenvalue weighted by Gasteiger charge is 2.39. The summed E-state index contributed by atoms with van der Waals surface area (Å²) < 4.78 is 9.04. The largest absolute Gasteiger partial charge is 0.490 e. The summed E-state index contributed by atoms with van der Waals surface area (Å²) in [5.74, 6) is 8.93. The zero-order valence-corrected chi connectivity index (χ0v) is 21.7. The van der Waals surface area contributed by atoms with Crippen LogP contribution < -0.4 is 10.3 Å². The number of hydrogen-bond acceptors (Lipinski definition) is 5. The predicted octanol–water partition coefficient (Wildman–Crippen LogP) is 5.56. The van der Waals surface area contributed by atoms with Crippen LogP contribution in [0.5, 0.6) is 5.75 Å². The van der Waals surface area contributed by atoms with Gasteiger partial charge in [-0.1, -0.05) is 24.7 Å². The number of aryl methyl sites for hydroxylation is 1. The minimum atomic E-state index is -0.0156. The molecule has 2 bridgehead atoms. The number of aromatic nitrogens is 2. The molecule has 4 fully saturated rings. The summed E-state index contributed by atoms with van der Waals surface area (Å²) in [6.07, 6.45) is 14.1. The molecule has 5 nitrogen and oxygen atoms in total. The fourth-order valence-electron chi connectivity index (χ4n) is 5.99. The normalized spacial score (nSPS) is 25.6. The lowest BCUT2D eigenvalue weighted by Crippen LogP contribution is -2.43. The standard InChI is InChI=1S/C30H33N3O2S/c1-32-22-9-10-23(32)16-25(15-22)35-28-13-11-24(14-21(28)8-6-19-2-3-19)33-18-31-27-17-26(12-7-20-4-5-20)36-29(27)30(33)34/h11,13-14,17-20,22-23,25H,2-6,8-10,15-16H2,1H3/t22-,23?,25?/m0/s1. The minimum absolute atomic E-state index is 0.0156. The minimum Gasteiger partial charge on any atom is -0.490 e. The zero-order chi connectivity index (χ0) is 24.2. The van der Waals surface area contributed by atoms with Crippen LogP contribution in [0.25, 0.3) is 15.9 Å². The second-order valence-corrected chi connectivity index (χ2v) is 12.4. The third kappa shape index (κ3) is 4.48. The maximum absolute atomic E-state index is 13.4. The number of nitrogens with zero attached hydrogens (tertiary/aromatic N) is 3. The van der Waals surface area contributed by atoms with Gasteiger partial charge in [-0.05, 0) is 94.2 Å². The summed E-state index contributed by atoms with van der Waals surface area (Å²) in [7, 11) is 2.27. The Hall–Kier alpha value is -2.62. The van der Waals surface area contributed by atoms with E-state index in [0.717, 1.165) is 47.0 Å². The van der Waals surface area contributed by atoms with Crippen molar-refractivity contribution in [1.29, 1.82) is 0 Å². The molecule has 7 rings (SSSR count). The molecule has 4 aliphatic rings. The van der Waals surface area contributed by atoms with Crippen molar-refractivity contribution in [2.75, 3.05) is 7.05 Å². The van der Waals surface area contributed by atoms with E-state index in [-0.39, 0.29) is 11.7 Å². The van der Waals surface area contributed by atoms with Gasteiger partial charge < -0.3 is 9.64 Å². The molecule has 3 atom stereocenters. The van der Waals surface area contributed by atoms with Crippen LogP contribution in [0.15, 0.2) is 35.4 Å². The summed E-state index contributed by atoms with van der Waals surface area (Å²) in [4.78, 5) is 21.5. The maximum atomic E-state index is 13.4. The first kappa shape index (κ1) is 22.6. The molecule has 2 saturated heterocycles. The first-order valence-corrected chi connectivity index (χ1v) is 14.5. The fourth-order valence-corrected chi connectivity index (χ4v) is 6.89. The summed E-state index contributed by atoms with van der Waals surface area (Å²) >= 11 is 1.46. The van der Waals surface area contributed by atoms with E-state index >= 15 is 0 Å². The molecule has 0 N–H and O–H groups in total.